The van der Waals surface area contributed by atoms with Crippen molar-refractivity contribution in [2.24, 2.45) is 4.99 Å². The first-order valence-electron chi connectivity index (χ1n) is 8.71. The highest BCUT2D eigenvalue weighted by molar-refractivity contribution is 6.20. The van der Waals surface area contributed by atoms with Crippen molar-refractivity contribution in [2.75, 3.05) is 0 Å². The first-order chi connectivity index (χ1) is 12.0. The number of hydrogen-bond acceptors (Lipinski definition) is 2. The highest BCUT2D eigenvalue weighted by atomic mass is 16.1. The van der Waals surface area contributed by atoms with E-state index in [1.165, 1.54) is 5.56 Å². The zero-order valence-electron chi connectivity index (χ0n) is 14.6. The van der Waals surface area contributed by atoms with Crippen LogP contribution in [0.15, 0.2) is 71.7 Å². The molecule has 0 fully saturated rings. The first kappa shape index (κ1) is 15.8. The Balaban J connectivity index is 1.74. The maximum absolute atomic E-state index is 13.1. The second kappa shape index (κ2) is 5.96. The van der Waals surface area contributed by atoms with Crippen LogP contribution in [0.4, 0.5) is 0 Å². The molecule has 3 aromatic carbocycles. The third-order valence-electron chi connectivity index (χ3n) is 4.81. The number of ketones is 1. The van der Waals surface area contributed by atoms with Crippen LogP contribution < -0.4 is 0 Å². The maximum atomic E-state index is 13.1. The molecule has 1 aliphatic heterocycles. The van der Waals surface area contributed by atoms with Gasteiger partial charge in [0.05, 0.1) is 17.7 Å². The Labute approximate surface area is 148 Å². The Morgan fingerprint density at radius 2 is 1.68 bits per heavy atom. The minimum absolute atomic E-state index is 0.128. The van der Waals surface area contributed by atoms with Crippen molar-refractivity contribution in [3.05, 3.63) is 83.4 Å². The fourth-order valence-corrected chi connectivity index (χ4v) is 3.74. The lowest BCUT2D eigenvalue weighted by Crippen LogP contribution is -2.30. The molecule has 0 aliphatic carbocycles. The quantitative estimate of drug-likeness (QED) is 0.605. The Morgan fingerprint density at radius 3 is 2.56 bits per heavy atom. The van der Waals surface area contributed by atoms with Crippen LogP contribution in [-0.4, -0.2) is 17.0 Å². The molecular formula is C23H21NO. The van der Waals surface area contributed by atoms with Crippen molar-refractivity contribution in [2.45, 2.75) is 32.2 Å². The Bertz CT molecular complexity index is 992. The van der Waals surface area contributed by atoms with Crippen LogP contribution in [0.25, 0.3) is 10.8 Å². The summed E-state index contributed by atoms with van der Waals surface area (Å²) in [5.74, 6) is 0.128. The van der Waals surface area contributed by atoms with E-state index < -0.39 is 0 Å². The second-order valence-corrected chi connectivity index (χ2v) is 7.33. The molecule has 0 atom stereocenters. The molecule has 3 aromatic rings. The first-order valence-corrected chi connectivity index (χ1v) is 8.71. The van der Waals surface area contributed by atoms with Crippen LogP contribution in [0, 0.1) is 0 Å². The molecule has 0 N–H and O–H groups in total. The predicted molar refractivity (Wildman–Crippen MR) is 104 cm³/mol. The molecule has 124 valence electrons. The number of fused-ring (bicyclic) bond motifs is 2. The van der Waals surface area contributed by atoms with E-state index in [1.807, 2.05) is 48.5 Å². The van der Waals surface area contributed by atoms with Crippen LogP contribution in [0.5, 0.6) is 0 Å². The topological polar surface area (TPSA) is 29.4 Å². The molecular weight excluding hydrogens is 306 g/mol. The average molecular weight is 327 g/mol. The smallest absolute Gasteiger partial charge is 0.169 e. The lowest BCUT2D eigenvalue weighted by Gasteiger charge is -2.29. The van der Waals surface area contributed by atoms with Crippen LogP contribution in [-0.2, 0) is 6.42 Å². The zero-order chi connectivity index (χ0) is 17.4. The molecule has 1 aliphatic rings. The van der Waals surface area contributed by atoms with Gasteiger partial charge in [-0.25, -0.2) is 0 Å². The van der Waals surface area contributed by atoms with Crippen molar-refractivity contribution in [1.29, 1.82) is 0 Å². The van der Waals surface area contributed by atoms with Crippen molar-refractivity contribution in [3.63, 3.8) is 0 Å². The van der Waals surface area contributed by atoms with Gasteiger partial charge in [-0.3, -0.25) is 9.79 Å². The number of aliphatic imine (C=N–C) groups is 1. The summed E-state index contributed by atoms with van der Waals surface area (Å²) in [6.45, 7) is 4.26. The largest absolute Gasteiger partial charge is 0.294 e. The van der Waals surface area contributed by atoms with Crippen LogP contribution in [0.2, 0.25) is 0 Å². The molecule has 0 saturated heterocycles. The van der Waals surface area contributed by atoms with Gasteiger partial charge in [0.25, 0.3) is 0 Å². The van der Waals surface area contributed by atoms with E-state index in [4.69, 9.17) is 4.99 Å². The summed E-state index contributed by atoms with van der Waals surface area (Å²) in [6, 6.07) is 22.3. The molecule has 0 aromatic heterocycles. The van der Waals surface area contributed by atoms with Gasteiger partial charge in [0.15, 0.2) is 5.78 Å². The van der Waals surface area contributed by atoms with Gasteiger partial charge in [-0.15, -0.1) is 0 Å². The molecule has 2 heteroatoms. The minimum Gasteiger partial charge on any atom is -0.294 e. The molecule has 0 saturated carbocycles. The number of rotatable bonds is 3. The molecule has 4 rings (SSSR count). The van der Waals surface area contributed by atoms with Gasteiger partial charge in [-0.1, -0.05) is 66.7 Å². The van der Waals surface area contributed by atoms with E-state index in [0.29, 0.717) is 6.42 Å². The molecule has 0 amide bonds. The Morgan fingerprint density at radius 1 is 0.960 bits per heavy atom. The van der Waals surface area contributed by atoms with Crippen molar-refractivity contribution < 1.29 is 4.79 Å². The van der Waals surface area contributed by atoms with Gasteiger partial charge in [0.1, 0.15) is 0 Å². The summed E-state index contributed by atoms with van der Waals surface area (Å²) >= 11 is 0. The van der Waals surface area contributed by atoms with E-state index >= 15 is 0 Å². The van der Waals surface area contributed by atoms with Gasteiger partial charge < -0.3 is 0 Å². The number of carbonyl (C=O) groups excluding carboxylic acids is 1. The van der Waals surface area contributed by atoms with E-state index in [1.54, 1.807) is 0 Å². The summed E-state index contributed by atoms with van der Waals surface area (Å²) in [6.07, 6.45) is 1.25. The third kappa shape index (κ3) is 3.00. The van der Waals surface area contributed by atoms with Crippen molar-refractivity contribution in [1.82, 2.24) is 0 Å². The second-order valence-electron chi connectivity index (χ2n) is 7.33. The molecule has 0 radical (unpaired) electrons. The van der Waals surface area contributed by atoms with E-state index in [-0.39, 0.29) is 11.3 Å². The molecule has 1 heterocycles. The van der Waals surface area contributed by atoms with Gasteiger partial charge in [0.2, 0.25) is 0 Å². The van der Waals surface area contributed by atoms with Gasteiger partial charge >= 0.3 is 0 Å². The predicted octanol–water partition coefficient (Wildman–Crippen LogP) is 5.24. The van der Waals surface area contributed by atoms with Crippen molar-refractivity contribution in [3.8, 4) is 0 Å². The SMILES string of the molecule is CC1(C)Cc2ccccc2C(CC(=O)c2cccc3ccccc23)=N1. The number of nitrogens with zero attached hydrogens (tertiary/aromatic N) is 1. The van der Waals surface area contributed by atoms with E-state index in [0.717, 1.165) is 34.0 Å². The number of hydrogen-bond donors (Lipinski definition) is 0. The number of benzene rings is 3. The molecule has 2 nitrogen and oxygen atoms in total. The average Bonchev–Trinajstić information content (AvgIpc) is 2.60. The Hall–Kier alpha value is -2.74. The monoisotopic (exact) mass is 327 g/mol. The maximum Gasteiger partial charge on any atom is 0.169 e. The normalized spacial score (nSPS) is 15.5. The highest BCUT2D eigenvalue weighted by Gasteiger charge is 2.27. The molecule has 0 bridgehead atoms. The lowest BCUT2D eigenvalue weighted by atomic mass is 9.85. The van der Waals surface area contributed by atoms with Crippen LogP contribution >= 0.6 is 0 Å². The third-order valence-corrected chi connectivity index (χ3v) is 4.81. The molecule has 25 heavy (non-hydrogen) atoms. The van der Waals surface area contributed by atoms with Crippen LogP contribution in [0.3, 0.4) is 0 Å². The molecule has 0 spiro atoms. The van der Waals surface area contributed by atoms with Gasteiger partial charge in [0, 0.05) is 5.56 Å². The summed E-state index contributed by atoms with van der Waals surface area (Å²) in [7, 11) is 0. The summed E-state index contributed by atoms with van der Waals surface area (Å²) in [4.78, 5) is 18.0. The van der Waals surface area contributed by atoms with Crippen LogP contribution in [0.1, 0.15) is 41.8 Å². The number of carbonyl (C=O) groups is 1. The van der Waals surface area contributed by atoms with E-state index in [2.05, 4.69) is 32.0 Å². The summed E-state index contributed by atoms with van der Waals surface area (Å²) < 4.78 is 0. The Kier molecular flexibility index (Phi) is 3.76. The zero-order valence-corrected chi connectivity index (χ0v) is 14.6. The van der Waals surface area contributed by atoms with Crippen molar-refractivity contribution >= 4 is 22.3 Å². The highest BCUT2D eigenvalue weighted by Crippen LogP contribution is 2.29. The lowest BCUT2D eigenvalue weighted by molar-refractivity contribution is 0.100. The standard InChI is InChI=1S/C23H21NO/c1-23(2)15-17-9-4-6-12-19(17)21(24-23)14-22(25)20-13-7-10-16-8-3-5-11-18(16)20/h3-13H,14-15H2,1-2H3. The number of Topliss-reactive ketones (excluding diaryl/α,β-unsaturated/α-hetero) is 1. The van der Waals surface area contributed by atoms with Gasteiger partial charge in [-0.05, 0) is 42.2 Å². The van der Waals surface area contributed by atoms with E-state index in [9.17, 15) is 4.79 Å². The fraction of sp³-hybridized carbons (Fsp3) is 0.217. The minimum atomic E-state index is -0.164. The summed E-state index contributed by atoms with van der Waals surface area (Å²) in [5, 5.41) is 2.11. The molecule has 0 unspecified atom stereocenters. The van der Waals surface area contributed by atoms with Gasteiger partial charge in [-0.2, -0.15) is 0 Å². The summed E-state index contributed by atoms with van der Waals surface area (Å²) in [5.41, 5.74) is 3.92. The fourth-order valence-electron chi connectivity index (χ4n) is 3.74.